The normalized spacial score (nSPS) is 19.7. The van der Waals surface area contributed by atoms with Crippen LogP contribution >= 0.6 is 0 Å². The summed E-state index contributed by atoms with van der Waals surface area (Å²) in [7, 11) is 0. The molecule has 3 heteroatoms. The highest BCUT2D eigenvalue weighted by Crippen LogP contribution is 2.20. The number of likely N-dealkylation sites (tertiary alicyclic amines) is 1. The van der Waals surface area contributed by atoms with E-state index in [2.05, 4.69) is 37.9 Å². The number of rotatable bonds is 7. The molecule has 3 nitrogen and oxygen atoms in total. The van der Waals surface area contributed by atoms with Crippen LogP contribution in [0.15, 0.2) is 0 Å². The van der Waals surface area contributed by atoms with Gasteiger partial charge in [-0.3, -0.25) is 9.69 Å². The molecule has 1 atom stereocenters. The Morgan fingerprint density at radius 3 is 2.29 bits per heavy atom. The summed E-state index contributed by atoms with van der Waals surface area (Å²) in [6.07, 6.45) is 1.66. The molecule has 0 radical (unpaired) electrons. The van der Waals surface area contributed by atoms with Crippen LogP contribution in [0.5, 0.6) is 0 Å². The molecule has 0 aromatic rings. The van der Waals surface area contributed by atoms with Crippen molar-refractivity contribution in [3.63, 3.8) is 0 Å². The number of nitrogens with zero attached hydrogens (tertiary/aromatic N) is 1. The fraction of sp³-hybridized carbons (Fsp3) is 0.929. The molecule has 100 valence electrons. The van der Waals surface area contributed by atoms with Crippen molar-refractivity contribution in [2.24, 2.45) is 5.92 Å². The Kier molecular flexibility index (Phi) is 5.60. The van der Waals surface area contributed by atoms with Gasteiger partial charge in [0.1, 0.15) is 5.78 Å². The van der Waals surface area contributed by atoms with Crippen molar-refractivity contribution in [1.29, 1.82) is 0 Å². The smallest absolute Gasteiger partial charge is 0.149 e. The minimum absolute atomic E-state index is 0.158. The molecule has 0 amide bonds. The molecule has 1 saturated heterocycles. The summed E-state index contributed by atoms with van der Waals surface area (Å²) in [6.45, 7) is 12.8. The van der Waals surface area contributed by atoms with E-state index < -0.39 is 0 Å². The van der Waals surface area contributed by atoms with Gasteiger partial charge in [0.15, 0.2) is 0 Å². The van der Waals surface area contributed by atoms with Crippen LogP contribution in [0.25, 0.3) is 0 Å². The third-order valence-electron chi connectivity index (χ3n) is 3.33. The van der Waals surface area contributed by atoms with Gasteiger partial charge in [0.25, 0.3) is 0 Å². The van der Waals surface area contributed by atoms with Crippen LogP contribution in [0.1, 0.15) is 47.5 Å². The van der Waals surface area contributed by atoms with Crippen molar-refractivity contribution >= 4 is 5.78 Å². The quantitative estimate of drug-likeness (QED) is 0.739. The van der Waals surface area contributed by atoms with Crippen LogP contribution in [0.2, 0.25) is 0 Å². The lowest BCUT2D eigenvalue weighted by atomic mass is 9.93. The molecule has 0 unspecified atom stereocenters. The number of nitrogens with one attached hydrogen (secondary N) is 1. The molecule has 1 N–H and O–H groups in total. The Morgan fingerprint density at radius 2 is 1.88 bits per heavy atom. The topological polar surface area (TPSA) is 32.3 Å². The largest absolute Gasteiger partial charge is 0.309 e. The van der Waals surface area contributed by atoms with Crippen LogP contribution < -0.4 is 5.32 Å². The molecule has 17 heavy (non-hydrogen) atoms. The van der Waals surface area contributed by atoms with E-state index in [0.29, 0.717) is 30.2 Å². The van der Waals surface area contributed by atoms with Crippen LogP contribution in [-0.4, -0.2) is 41.9 Å². The summed E-state index contributed by atoms with van der Waals surface area (Å²) in [5.41, 5.74) is 0. The van der Waals surface area contributed by atoms with Crippen molar-refractivity contribution in [1.82, 2.24) is 10.2 Å². The van der Waals surface area contributed by atoms with Crippen LogP contribution in [0.3, 0.4) is 0 Å². The molecule has 0 saturated carbocycles. The van der Waals surface area contributed by atoms with Gasteiger partial charge in [-0.05, 0) is 12.3 Å². The number of carbonyl (C=O) groups is 1. The Hall–Kier alpha value is -0.410. The number of hydrogen-bond donors (Lipinski definition) is 1. The zero-order valence-corrected chi connectivity index (χ0v) is 12.0. The van der Waals surface area contributed by atoms with E-state index in [-0.39, 0.29) is 6.04 Å². The highest BCUT2D eigenvalue weighted by molar-refractivity contribution is 5.83. The maximum Gasteiger partial charge on any atom is 0.149 e. The molecule has 0 bridgehead atoms. The average Bonchev–Trinajstić information content (AvgIpc) is 2.18. The van der Waals surface area contributed by atoms with E-state index in [1.165, 1.54) is 0 Å². The fourth-order valence-corrected chi connectivity index (χ4v) is 2.51. The third-order valence-corrected chi connectivity index (χ3v) is 3.33. The molecule has 0 aliphatic carbocycles. The minimum Gasteiger partial charge on any atom is -0.309 e. The Morgan fingerprint density at radius 1 is 1.29 bits per heavy atom. The number of Topliss-reactive ketones (excluding diaryl/α,β-unsaturated/α-hetero) is 1. The SMILES string of the molecule is CCC(=O)[C@@H](CC(C)C)N1CC(NC(C)C)C1. The molecule has 1 heterocycles. The number of carbonyl (C=O) groups excluding carboxylic acids is 1. The predicted octanol–water partition coefficient (Wildman–Crippen LogP) is 2.06. The Balaban J connectivity index is 2.43. The van der Waals surface area contributed by atoms with Crippen molar-refractivity contribution in [3.05, 3.63) is 0 Å². The van der Waals surface area contributed by atoms with E-state index >= 15 is 0 Å². The fourth-order valence-electron chi connectivity index (χ4n) is 2.51. The van der Waals surface area contributed by atoms with Crippen molar-refractivity contribution in [2.45, 2.75) is 65.6 Å². The molecule has 0 aromatic carbocycles. The van der Waals surface area contributed by atoms with E-state index in [9.17, 15) is 4.79 Å². The molecular formula is C14H28N2O. The van der Waals surface area contributed by atoms with Gasteiger partial charge in [-0.25, -0.2) is 0 Å². The molecule has 0 aromatic heterocycles. The summed E-state index contributed by atoms with van der Waals surface area (Å²) in [5, 5.41) is 3.52. The first-order chi connectivity index (χ1) is 7.93. The van der Waals surface area contributed by atoms with Crippen LogP contribution in [0.4, 0.5) is 0 Å². The first-order valence-corrected chi connectivity index (χ1v) is 6.96. The van der Waals surface area contributed by atoms with Gasteiger partial charge in [0.2, 0.25) is 0 Å². The Labute approximate surface area is 106 Å². The van der Waals surface area contributed by atoms with E-state index in [1.807, 2.05) is 6.92 Å². The monoisotopic (exact) mass is 240 g/mol. The molecule has 1 fully saturated rings. The van der Waals surface area contributed by atoms with E-state index in [1.54, 1.807) is 0 Å². The maximum absolute atomic E-state index is 11.9. The lowest BCUT2D eigenvalue weighted by Gasteiger charge is -2.45. The van der Waals surface area contributed by atoms with Gasteiger partial charge in [-0.1, -0.05) is 34.6 Å². The van der Waals surface area contributed by atoms with E-state index in [4.69, 9.17) is 0 Å². The molecule has 1 rings (SSSR count). The second kappa shape index (κ2) is 6.50. The third kappa shape index (κ3) is 4.40. The van der Waals surface area contributed by atoms with Gasteiger partial charge >= 0.3 is 0 Å². The summed E-state index contributed by atoms with van der Waals surface area (Å²) in [6, 6.07) is 1.27. The lowest BCUT2D eigenvalue weighted by Crippen LogP contribution is -2.63. The second-order valence-electron chi connectivity index (χ2n) is 5.94. The Bertz CT molecular complexity index is 245. The summed E-state index contributed by atoms with van der Waals surface area (Å²) < 4.78 is 0. The number of ketones is 1. The standard InChI is InChI=1S/C14H28N2O/c1-6-14(17)13(7-10(2)3)16-8-12(9-16)15-11(4)5/h10-13,15H,6-9H2,1-5H3/t13-/m1/s1. The first-order valence-electron chi connectivity index (χ1n) is 6.96. The van der Waals surface area contributed by atoms with Crippen molar-refractivity contribution in [3.8, 4) is 0 Å². The zero-order chi connectivity index (χ0) is 13.0. The molecule has 1 aliphatic rings. The summed E-state index contributed by atoms with van der Waals surface area (Å²) in [5.74, 6) is 0.995. The highest BCUT2D eigenvalue weighted by Gasteiger charge is 2.35. The molecule has 1 aliphatic heterocycles. The van der Waals surface area contributed by atoms with Crippen molar-refractivity contribution in [2.75, 3.05) is 13.1 Å². The van der Waals surface area contributed by atoms with E-state index in [0.717, 1.165) is 19.5 Å². The summed E-state index contributed by atoms with van der Waals surface area (Å²) >= 11 is 0. The predicted molar refractivity (Wildman–Crippen MR) is 72.2 cm³/mol. The summed E-state index contributed by atoms with van der Waals surface area (Å²) in [4.78, 5) is 14.3. The van der Waals surface area contributed by atoms with Crippen LogP contribution in [-0.2, 0) is 4.79 Å². The average molecular weight is 240 g/mol. The first kappa shape index (κ1) is 14.7. The second-order valence-corrected chi connectivity index (χ2v) is 5.94. The lowest BCUT2D eigenvalue weighted by molar-refractivity contribution is -0.126. The van der Waals surface area contributed by atoms with Gasteiger partial charge in [-0.2, -0.15) is 0 Å². The van der Waals surface area contributed by atoms with Gasteiger partial charge < -0.3 is 5.32 Å². The zero-order valence-electron chi connectivity index (χ0n) is 12.0. The van der Waals surface area contributed by atoms with Gasteiger partial charge in [0, 0.05) is 31.6 Å². The van der Waals surface area contributed by atoms with Gasteiger partial charge in [-0.15, -0.1) is 0 Å². The van der Waals surface area contributed by atoms with Gasteiger partial charge in [0.05, 0.1) is 6.04 Å². The highest BCUT2D eigenvalue weighted by atomic mass is 16.1. The number of hydrogen-bond acceptors (Lipinski definition) is 3. The molecular weight excluding hydrogens is 212 g/mol. The van der Waals surface area contributed by atoms with Crippen molar-refractivity contribution < 1.29 is 4.79 Å². The maximum atomic E-state index is 11.9. The van der Waals surface area contributed by atoms with Crippen LogP contribution in [0, 0.1) is 5.92 Å². The minimum atomic E-state index is 0.158. The molecule has 0 spiro atoms.